The first-order chi connectivity index (χ1) is 12.3. The van der Waals surface area contributed by atoms with E-state index in [4.69, 9.17) is 0 Å². The minimum absolute atomic E-state index is 0.143. The van der Waals surface area contributed by atoms with Gasteiger partial charge in [-0.25, -0.2) is 9.37 Å². The maximum absolute atomic E-state index is 13.6. The fourth-order valence-electron chi connectivity index (χ4n) is 3.35. The van der Waals surface area contributed by atoms with E-state index in [1.807, 2.05) is 4.90 Å². The number of aromatic amines is 1. The monoisotopic (exact) mass is 367 g/mol. The second-order valence-corrected chi connectivity index (χ2v) is 6.96. The average Bonchev–Trinajstić information content (AvgIpc) is 3.39. The number of hydrogen-bond acceptors (Lipinski definition) is 3. The van der Waals surface area contributed by atoms with E-state index in [9.17, 15) is 22.4 Å². The molecule has 0 saturated heterocycles. The van der Waals surface area contributed by atoms with Crippen LogP contribution in [0, 0.1) is 5.82 Å². The van der Waals surface area contributed by atoms with Crippen molar-refractivity contribution in [2.75, 3.05) is 6.54 Å². The summed E-state index contributed by atoms with van der Waals surface area (Å²) in [5.74, 6) is 0.169. The van der Waals surface area contributed by atoms with Crippen molar-refractivity contribution in [1.29, 1.82) is 0 Å². The van der Waals surface area contributed by atoms with Crippen LogP contribution in [0.25, 0.3) is 0 Å². The highest BCUT2D eigenvalue weighted by Crippen LogP contribution is 2.38. The van der Waals surface area contributed by atoms with Gasteiger partial charge >= 0.3 is 6.18 Å². The van der Waals surface area contributed by atoms with E-state index >= 15 is 0 Å². The number of halogens is 4. The molecule has 26 heavy (non-hydrogen) atoms. The molecular formula is C18H17F4N3O. The van der Waals surface area contributed by atoms with Gasteiger partial charge in [0.05, 0.1) is 16.8 Å². The van der Waals surface area contributed by atoms with Gasteiger partial charge in [0.1, 0.15) is 11.6 Å². The lowest BCUT2D eigenvalue weighted by Gasteiger charge is -2.28. The Labute approximate surface area is 146 Å². The molecule has 0 unspecified atom stereocenters. The quantitative estimate of drug-likeness (QED) is 0.847. The number of alkyl halides is 3. The number of nitrogens with one attached hydrogen (secondary N) is 1. The lowest BCUT2D eigenvalue weighted by molar-refractivity contribution is -0.137. The molecule has 1 fully saturated rings. The fraction of sp³-hybridized carbons (Fsp3) is 0.444. The second kappa shape index (κ2) is 6.19. The number of hydrogen-bond donors (Lipinski definition) is 1. The van der Waals surface area contributed by atoms with Crippen molar-refractivity contribution >= 4 is 0 Å². The number of aromatic nitrogens is 2. The van der Waals surface area contributed by atoms with E-state index in [1.54, 1.807) is 0 Å². The van der Waals surface area contributed by atoms with Gasteiger partial charge in [-0.1, -0.05) is 0 Å². The van der Waals surface area contributed by atoms with Crippen LogP contribution in [0.5, 0.6) is 0 Å². The predicted molar refractivity (Wildman–Crippen MR) is 86.1 cm³/mol. The van der Waals surface area contributed by atoms with Gasteiger partial charge in [-0.3, -0.25) is 9.69 Å². The van der Waals surface area contributed by atoms with Gasteiger partial charge in [-0.2, -0.15) is 13.2 Å². The van der Waals surface area contributed by atoms with Crippen molar-refractivity contribution in [3.63, 3.8) is 0 Å². The van der Waals surface area contributed by atoms with E-state index in [2.05, 4.69) is 9.97 Å². The van der Waals surface area contributed by atoms with Gasteiger partial charge in [0, 0.05) is 32.0 Å². The van der Waals surface area contributed by atoms with Gasteiger partial charge in [-0.05, 0) is 36.6 Å². The lowest BCUT2D eigenvalue weighted by Crippen LogP contribution is -2.35. The third-order valence-corrected chi connectivity index (χ3v) is 4.82. The molecule has 8 heteroatoms. The van der Waals surface area contributed by atoms with Gasteiger partial charge in [0.2, 0.25) is 0 Å². The standard InChI is InChI=1S/C18H17F4N3O/c19-13-6-10(5-12(7-13)18(20,21)22)8-25-4-3-15-14(9-25)17(26)24-16(23-15)11-1-2-11/h5-7,11H,1-4,8-9H2,(H,23,24,26). The molecule has 2 heterocycles. The molecule has 2 aromatic rings. The maximum Gasteiger partial charge on any atom is 0.416 e. The molecule has 1 aromatic heterocycles. The lowest BCUT2D eigenvalue weighted by atomic mass is 10.0. The van der Waals surface area contributed by atoms with Crippen molar-refractivity contribution in [3.8, 4) is 0 Å². The summed E-state index contributed by atoms with van der Waals surface area (Å²) in [5, 5.41) is 0. The Hall–Kier alpha value is -2.22. The summed E-state index contributed by atoms with van der Waals surface area (Å²) in [4.78, 5) is 21.5. The summed E-state index contributed by atoms with van der Waals surface area (Å²) < 4.78 is 52.1. The van der Waals surface area contributed by atoms with Crippen LogP contribution in [0.2, 0.25) is 0 Å². The topological polar surface area (TPSA) is 49.0 Å². The Bertz CT molecular complexity index is 902. The van der Waals surface area contributed by atoms with Crippen LogP contribution in [0.3, 0.4) is 0 Å². The number of H-pyrrole nitrogens is 1. The largest absolute Gasteiger partial charge is 0.416 e. The summed E-state index contributed by atoms with van der Waals surface area (Å²) in [5.41, 5.74) is 0.366. The molecule has 2 aliphatic rings. The Morgan fingerprint density at radius 2 is 2.00 bits per heavy atom. The molecule has 0 spiro atoms. The molecular weight excluding hydrogens is 350 g/mol. The zero-order valence-corrected chi connectivity index (χ0v) is 13.9. The number of rotatable bonds is 3. The Balaban J connectivity index is 1.55. The Kier molecular flexibility index (Phi) is 4.10. The first kappa shape index (κ1) is 17.2. The van der Waals surface area contributed by atoms with Crippen LogP contribution >= 0.6 is 0 Å². The van der Waals surface area contributed by atoms with Crippen LogP contribution in [-0.4, -0.2) is 21.4 Å². The number of fused-ring (bicyclic) bond motifs is 1. The highest BCUT2D eigenvalue weighted by molar-refractivity contribution is 5.28. The normalized spacial score (nSPS) is 18.0. The van der Waals surface area contributed by atoms with E-state index in [0.717, 1.165) is 36.5 Å². The molecule has 1 N–H and O–H groups in total. The van der Waals surface area contributed by atoms with Gasteiger partial charge in [0.25, 0.3) is 5.56 Å². The molecule has 0 atom stereocenters. The zero-order chi connectivity index (χ0) is 18.5. The minimum Gasteiger partial charge on any atom is -0.310 e. The van der Waals surface area contributed by atoms with Gasteiger partial charge < -0.3 is 4.98 Å². The van der Waals surface area contributed by atoms with Crippen LogP contribution in [0.4, 0.5) is 17.6 Å². The van der Waals surface area contributed by atoms with E-state index in [0.29, 0.717) is 37.1 Å². The van der Waals surface area contributed by atoms with Crippen molar-refractivity contribution in [1.82, 2.24) is 14.9 Å². The summed E-state index contributed by atoms with van der Waals surface area (Å²) in [6, 6.07) is 2.55. The van der Waals surface area contributed by atoms with Crippen molar-refractivity contribution in [3.05, 3.63) is 62.6 Å². The Morgan fingerprint density at radius 3 is 2.69 bits per heavy atom. The molecule has 0 bridgehead atoms. The Morgan fingerprint density at radius 1 is 1.23 bits per heavy atom. The molecule has 4 nitrogen and oxygen atoms in total. The number of benzene rings is 1. The van der Waals surface area contributed by atoms with Crippen LogP contribution in [0.15, 0.2) is 23.0 Å². The zero-order valence-electron chi connectivity index (χ0n) is 13.9. The van der Waals surface area contributed by atoms with Crippen LogP contribution < -0.4 is 5.56 Å². The first-order valence-electron chi connectivity index (χ1n) is 8.50. The third kappa shape index (κ3) is 3.51. The summed E-state index contributed by atoms with van der Waals surface area (Å²) in [6.45, 7) is 0.996. The van der Waals surface area contributed by atoms with E-state index < -0.39 is 17.6 Å². The highest BCUT2D eigenvalue weighted by Gasteiger charge is 2.32. The van der Waals surface area contributed by atoms with Gasteiger partial charge in [-0.15, -0.1) is 0 Å². The first-order valence-corrected chi connectivity index (χ1v) is 8.50. The fourth-order valence-corrected chi connectivity index (χ4v) is 3.35. The molecule has 0 amide bonds. The van der Waals surface area contributed by atoms with Crippen LogP contribution in [-0.2, 0) is 25.7 Å². The summed E-state index contributed by atoms with van der Waals surface area (Å²) >= 11 is 0. The molecule has 1 aliphatic heterocycles. The van der Waals surface area contributed by atoms with Crippen molar-refractivity contribution in [2.45, 2.75) is 44.4 Å². The maximum atomic E-state index is 13.6. The van der Waals surface area contributed by atoms with E-state index in [-0.39, 0.29) is 17.7 Å². The minimum atomic E-state index is -4.59. The highest BCUT2D eigenvalue weighted by atomic mass is 19.4. The molecule has 1 saturated carbocycles. The smallest absolute Gasteiger partial charge is 0.310 e. The van der Waals surface area contributed by atoms with Crippen molar-refractivity contribution < 1.29 is 17.6 Å². The SMILES string of the molecule is O=c1[nH]c(C2CC2)nc2c1CN(Cc1cc(F)cc(C(F)(F)F)c1)CC2. The number of nitrogens with zero attached hydrogens (tertiary/aromatic N) is 2. The van der Waals surface area contributed by atoms with Crippen molar-refractivity contribution in [2.24, 2.45) is 0 Å². The molecule has 0 radical (unpaired) electrons. The molecule has 138 valence electrons. The molecule has 4 rings (SSSR count). The van der Waals surface area contributed by atoms with Crippen LogP contribution in [0.1, 0.15) is 47.0 Å². The van der Waals surface area contributed by atoms with Gasteiger partial charge in [0.15, 0.2) is 0 Å². The summed E-state index contributed by atoms with van der Waals surface area (Å²) in [7, 11) is 0. The summed E-state index contributed by atoms with van der Waals surface area (Å²) in [6.07, 6.45) is -1.96. The molecule has 1 aromatic carbocycles. The average molecular weight is 367 g/mol. The van der Waals surface area contributed by atoms with E-state index in [1.165, 1.54) is 0 Å². The third-order valence-electron chi connectivity index (χ3n) is 4.82. The predicted octanol–water partition coefficient (Wildman–Crippen LogP) is 3.36. The second-order valence-electron chi connectivity index (χ2n) is 6.96. The molecule has 1 aliphatic carbocycles.